The third-order valence-electron chi connectivity index (χ3n) is 5.42. The first-order valence-electron chi connectivity index (χ1n) is 9.87. The summed E-state index contributed by atoms with van der Waals surface area (Å²) in [5.74, 6) is 0.568. The van der Waals surface area contributed by atoms with Crippen LogP contribution in [0, 0.1) is 5.92 Å². The van der Waals surface area contributed by atoms with Crippen LogP contribution in [-0.4, -0.2) is 44.2 Å². The fourth-order valence-electron chi connectivity index (χ4n) is 3.74. The van der Waals surface area contributed by atoms with Gasteiger partial charge in [0, 0.05) is 19.3 Å². The largest absolute Gasteiger partial charge is 0.417 e. The Hall–Kier alpha value is -2.26. The molecule has 0 saturated carbocycles. The van der Waals surface area contributed by atoms with Crippen LogP contribution in [0.4, 0.5) is 13.2 Å². The molecule has 31 heavy (non-hydrogen) atoms. The van der Waals surface area contributed by atoms with Crippen LogP contribution in [0.25, 0.3) is 5.65 Å². The zero-order valence-electron chi connectivity index (χ0n) is 16.5. The van der Waals surface area contributed by atoms with Gasteiger partial charge in [0.25, 0.3) is 0 Å². The molecule has 0 bridgehead atoms. The van der Waals surface area contributed by atoms with Gasteiger partial charge in [-0.3, -0.25) is 9.20 Å². The van der Waals surface area contributed by atoms with E-state index in [0.717, 1.165) is 43.3 Å². The van der Waals surface area contributed by atoms with Gasteiger partial charge in [0.2, 0.25) is 5.91 Å². The molecule has 1 aromatic carbocycles. The zero-order chi connectivity index (χ0) is 22.0. The topological polar surface area (TPSA) is 50.5 Å². The number of benzene rings is 1. The highest BCUT2D eigenvalue weighted by atomic mass is 35.5. The van der Waals surface area contributed by atoms with E-state index in [0.29, 0.717) is 19.0 Å². The summed E-state index contributed by atoms with van der Waals surface area (Å²) >= 11 is 6.99. The molecule has 0 aliphatic carbocycles. The van der Waals surface area contributed by atoms with E-state index in [-0.39, 0.29) is 27.5 Å². The molecule has 2 aromatic heterocycles. The number of rotatable bonds is 5. The maximum Gasteiger partial charge on any atom is 0.417 e. The molecule has 0 radical (unpaired) electrons. The number of alkyl halides is 3. The minimum absolute atomic E-state index is 0.0574. The summed E-state index contributed by atoms with van der Waals surface area (Å²) in [7, 11) is 0. The number of carbonyl (C=O) groups excluding carboxylic acids is 1. The van der Waals surface area contributed by atoms with Gasteiger partial charge in [0.1, 0.15) is 0 Å². The lowest BCUT2D eigenvalue weighted by atomic mass is 9.90. The van der Waals surface area contributed by atoms with Gasteiger partial charge < -0.3 is 4.90 Å². The van der Waals surface area contributed by atoms with Gasteiger partial charge in [-0.15, -0.1) is 10.2 Å². The second kappa shape index (κ2) is 9.08. The Bertz CT molecular complexity index is 1070. The molecule has 1 amide bonds. The lowest BCUT2D eigenvalue weighted by Gasteiger charge is -2.32. The van der Waals surface area contributed by atoms with Crippen molar-refractivity contribution in [2.45, 2.75) is 30.6 Å². The Morgan fingerprint density at radius 2 is 1.87 bits per heavy atom. The predicted octanol–water partition coefficient (Wildman–Crippen LogP) is 4.97. The second-order valence-electron chi connectivity index (χ2n) is 7.55. The van der Waals surface area contributed by atoms with E-state index in [1.165, 1.54) is 9.96 Å². The smallest absolute Gasteiger partial charge is 0.342 e. The molecular weight excluding hydrogens is 449 g/mol. The van der Waals surface area contributed by atoms with Gasteiger partial charge >= 0.3 is 6.18 Å². The van der Waals surface area contributed by atoms with Crippen molar-refractivity contribution in [2.75, 3.05) is 18.8 Å². The van der Waals surface area contributed by atoms with Crippen molar-refractivity contribution in [2.24, 2.45) is 5.92 Å². The van der Waals surface area contributed by atoms with Crippen molar-refractivity contribution in [1.82, 2.24) is 19.5 Å². The summed E-state index contributed by atoms with van der Waals surface area (Å²) in [6, 6.07) is 11.1. The third kappa shape index (κ3) is 5.15. The summed E-state index contributed by atoms with van der Waals surface area (Å²) in [6.45, 7) is 1.36. The first-order chi connectivity index (χ1) is 14.8. The number of carbonyl (C=O) groups is 1. The molecular formula is C21H20ClF3N4OS. The van der Waals surface area contributed by atoms with E-state index in [1.807, 2.05) is 23.1 Å². The lowest BCUT2D eigenvalue weighted by molar-refractivity contribution is -0.138. The van der Waals surface area contributed by atoms with Gasteiger partial charge in [-0.2, -0.15) is 13.2 Å². The van der Waals surface area contributed by atoms with Gasteiger partial charge in [-0.25, -0.2) is 0 Å². The molecule has 3 heterocycles. The maximum atomic E-state index is 13.1. The molecule has 0 spiro atoms. The van der Waals surface area contributed by atoms with Crippen LogP contribution in [0.5, 0.6) is 0 Å². The minimum Gasteiger partial charge on any atom is -0.342 e. The number of thioether (sulfide) groups is 1. The molecule has 1 aliphatic heterocycles. The predicted molar refractivity (Wildman–Crippen MR) is 113 cm³/mol. The molecule has 0 N–H and O–H groups in total. The number of pyridine rings is 1. The number of likely N-dealkylation sites (tertiary alicyclic amines) is 1. The van der Waals surface area contributed by atoms with Crippen molar-refractivity contribution >= 4 is 34.9 Å². The van der Waals surface area contributed by atoms with Crippen molar-refractivity contribution in [3.63, 3.8) is 0 Å². The number of hydrogen-bond acceptors (Lipinski definition) is 4. The van der Waals surface area contributed by atoms with Crippen LogP contribution in [0.1, 0.15) is 24.0 Å². The fraction of sp³-hybridized carbons (Fsp3) is 0.381. The van der Waals surface area contributed by atoms with Gasteiger partial charge in [0.05, 0.1) is 16.3 Å². The van der Waals surface area contributed by atoms with E-state index in [2.05, 4.69) is 22.3 Å². The number of fused-ring (bicyclic) bond motifs is 1. The number of piperidine rings is 1. The SMILES string of the molecule is O=C(CSc1nnc2c(Cl)cc(C(F)(F)F)cn12)N1CCC(Cc2ccccc2)CC1. The normalized spacial score (nSPS) is 15.5. The molecule has 4 rings (SSSR count). The standard InChI is InChI=1S/C21H20ClF3N4OS/c22-17-11-16(21(23,24)25)12-29-19(17)26-27-20(29)31-13-18(30)28-8-6-15(7-9-28)10-14-4-2-1-3-5-14/h1-5,11-12,15H,6-10,13H2. The summed E-state index contributed by atoms with van der Waals surface area (Å²) in [5.41, 5.74) is 0.545. The van der Waals surface area contributed by atoms with E-state index in [4.69, 9.17) is 11.6 Å². The third-order valence-corrected chi connectivity index (χ3v) is 6.62. The monoisotopic (exact) mass is 468 g/mol. The van der Waals surface area contributed by atoms with E-state index in [1.54, 1.807) is 0 Å². The number of nitrogens with zero attached hydrogens (tertiary/aromatic N) is 4. The Morgan fingerprint density at radius 1 is 1.16 bits per heavy atom. The van der Waals surface area contributed by atoms with Gasteiger partial charge in [-0.1, -0.05) is 53.7 Å². The lowest BCUT2D eigenvalue weighted by Crippen LogP contribution is -2.39. The quantitative estimate of drug-likeness (QED) is 0.496. The molecule has 0 atom stereocenters. The van der Waals surface area contributed by atoms with Crippen LogP contribution in [0.3, 0.4) is 0 Å². The molecule has 1 saturated heterocycles. The molecule has 164 valence electrons. The highest BCUT2D eigenvalue weighted by Gasteiger charge is 2.32. The Kier molecular flexibility index (Phi) is 6.43. The van der Waals surface area contributed by atoms with E-state index in [9.17, 15) is 18.0 Å². The first kappa shape index (κ1) is 22.0. The summed E-state index contributed by atoms with van der Waals surface area (Å²) in [5, 5.41) is 7.82. The van der Waals surface area contributed by atoms with Crippen molar-refractivity contribution in [1.29, 1.82) is 0 Å². The number of halogens is 4. The van der Waals surface area contributed by atoms with Crippen molar-refractivity contribution in [3.05, 3.63) is 58.7 Å². The summed E-state index contributed by atoms with van der Waals surface area (Å²) in [6.07, 6.45) is -0.758. The van der Waals surface area contributed by atoms with Crippen LogP contribution < -0.4 is 0 Å². The molecule has 10 heteroatoms. The zero-order valence-corrected chi connectivity index (χ0v) is 18.1. The highest BCUT2D eigenvalue weighted by Crippen LogP contribution is 2.33. The Morgan fingerprint density at radius 3 is 2.55 bits per heavy atom. The average molecular weight is 469 g/mol. The molecule has 5 nitrogen and oxygen atoms in total. The number of amides is 1. The van der Waals surface area contributed by atoms with Crippen LogP contribution in [0.15, 0.2) is 47.8 Å². The minimum atomic E-state index is -4.54. The Labute approximate surface area is 186 Å². The number of aromatic nitrogens is 3. The summed E-state index contributed by atoms with van der Waals surface area (Å²) < 4.78 is 40.4. The van der Waals surface area contributed by atoms with E-state index >= 15 is 0 Å². The van der Waals surface area contributed by atoms with Crippen molar-refractivity contribution < 1.29 is 18.0 Å². The van der Waals surface area contributed by atoms with Crippen LogP contribution in [0.2, 0.25) is 5.02 Å². The summed E-state index contributed by atoms with van der Waals surface area (Å²) in [4.78, 5) is 14.4. The molecule has 3 aromatic rings. The number of hydrogen-bond donors (Lipinski definition) is 0. The van der Waals surface area contributed by atoms with Crippen molar-refractivity contribution in [3.8, 4) is 0 Å². The fourth-order valence-corrected chi connectivity index (χ4v) is 4.80. The molecule has 0 unspecified atom stereocenters. The van der Waals surface area contributed by atoms with Gasteiger partial charge in [0.15, 0.2) is 10.8 Å². The van der Waals surface area contributed by atoms with Gasteiger partial charge in [-0.05, 0) is 36.8 Å². The Balaban J connectivity index is 1.35. The average Bonchev–Trinajstić information content (AvgIpc) is 3.16. The highest BCUT2D eigenvalue weighted by molar-refractivity contribution is 7.99. The first-order valence-corrected chi connectivity index (χ1v) is 11.2. The van der Waals surface area contributed by atoms with E-state index < -0.39 is 11.7 Å². The van der Waals surface area contributed by atoms with Crippen LogP contribution >= 0.6 is 23.4 Å². The van der Waals surface area contributed by atoms with Crippen LogP contribution in [-0.2, 0) is 17.4 Å². The molecule has 1 aliphatic rings. The molecule has 1 fully saturated rings. The maximum absolute atomic E-state index is 13.1. The second-order valence-corrected chi connectivity index (χ2v) is 8.90.